The molecular weight excluding hydrogens is 290 g/mol. The fraction of sp³-hybridized carbons (Fsp3) is 0.667. The Morgan fingerprint density at radius 1 is 1.35 bits per heavy atom. The minimum atomic E-state index is -0.486. The second-order valence-corrected chi connectivity index (χ2v) is 7.11. The first-order valence-corrected chi connectivity index (χ1v) is 8.48. The molecule has 5 heteroatoms. The van der Waals surface area contributed by atoms with E-state index in [1.165, 1.54) is 28.2 Å². The molecule has 20 heavy (non-hydrogen) atoms. The van der Waals surface area contributed by atoms with Crippen molar-refractivity contribution in [1.82, 2.24) is 0 Å². The van der Waals surface area contributed by atoms with Gasteiger partial charge in [-0.2, -0.15) is 12.6 Å². The fourth-order valence-corrected chi connectivity index (χ4v) is 3.12. The van der Waals surface area contributed by atoms with E-state index in [0.717, 1.165) is 19.3 Å². The summed E-state index contributed by atoms with van der Waals surface area (Å²) in [4.78, 5) is 14.1. The van der Waals surface area contributed by atoms with E-state index in [1.807, 2.05) is 11.3 Å². The maximum absolute atomic E-state index is 11.3. The molecule has 0 radical (unpaired) electrons. The zero-order valence-electron chi connectivity index (χ0n) is 12.4. The third-order valence-electron chi connectivity index (χ3n) is 3.22. The highest BCUT2D eigenvalue weighted by molar-refractivity contribution is 7.81. The molecule has 0 bridgehead atoms. The number of hydrogen-bond donors (Lipinski definition) is 2. The van der Waals surface area contributed by atoms with E-state index in [4.69, 9.17) is 10.5 Å². The normalized spacial score (nSPS) is 12.4. The van der Waals surface area contributed by atoms with E-state index in [2.05, 4.69) is 32.5 Å². The van der Waals surface area contributed by atoms with Crippen LogP contribution in [-0.2, 0) is 16.0 Å². The van der Waals surface area contributed by atoms with Gasteiger partial charge in [-0.25, -0.2) is 0 Å². The quantitative estimate of drug-likeness (QED) is 0.418. The smallest absolute Gasteiger partial charge is 0.320 e. The summed E-state index contributed by atoms with van der Waals surface area (Å²) in [6, 6.07) is 2.29. The highest BCUT2D eigenvalue weighted by Gasteiger charge is 2.12. The molecule has 0 aliphatic rings. The molecule has 1 heterocycles. The molecule has 1 aromatic heterocycles. The lowest BCUT2D eigenvalue weighted by Crippen LogP contribution is -2.26. The molecule has 0 amide bonds. The number of thiophene rings is 1. The summed E-state index contributed by atoms with van der Waals surface area (Å²) in [6.45, 7) is 5.05. The summed E-state index contributed by atoms with van der Waals surface area (Å²) in [7, 11) is 0. The van der Waals surface area contributed by atoms with E-state index in [-0.39, 0.29) is 12.5 Å². The Morgan fingerprint density at radius 3 is 2.65 bits per heavy atom. The summed E-state index contributed by atoms with van der Waals surface area (Å²) < 4.78 is 5.09. The average Bonchev–Trinajstić information content (AvgIpc) is 2.74. The van der Waals surface area contributed by atoms with Gasteiger partial charge in [0, 0.05) is 16.3 Å². The van der Waals surface area contributed by atoms with Gasteiger partial charge in [0.25, 0.3) is 0 Å². The first kappa shape index (κ1) is 17.5. The van der Waals surface area contributed by atoms with Crippen molar-refractivity contribution in [2.24, 2.45) is 5.73 Å². The van der Waals surface area contributed by atoms with Crippen LogP contribution in [0.5, 0.6) is 0 Å². The summed E-state index contributed by atoms with van der Waals surface area (Å²) in [5, 5.41) is -0.486. The van der Waals surface area contributed by atoms with E-state index >= 15 is 0 Å². The molecule has 0 saturated heterocycles. The number of unbranched alkanes of at least 4 members (excludes halogenated alkanes) is 3. The lowest BCUT2D eigenvalue weighted by molar-refractivity contribution is -0.142. The van der Waals surface area contributed by atoms with E-state index in [1.54, 1.807) is 0 Å². The van der Waals surface area contributed by atoms with E-state index in [9.17, 15) is 4.79 Å². The van der Waals surface area contributed by atoms with Crippen molar-refractivity contribution in [3.63, 3.8) is 0 Å². The van der Waals surface area contributed by atoms with Crippen LogP contribution in [0, 0.1) is 13.8 Å². The maximum atomic E-state index is 11.3. The van der Waals surface area contributed by atoms with E-state index in [0.29, 0.717) is 6.61 Å². The Kier molecular flexibility index (Phi) is 8.26. The third kappa shape index (κ3) is 6.29. The Labute approximate surface area is 131 Å². The monoisotopic (exact) mass is 315 g/mol. The van der Waals surface area contributed by atoms with E-state index < -0.39 is 5.25 Å². The first-order valence-electron chi connectivity index (χ1n) is 7.15. The molecular formula is C15H25NO2S2. The van der Waals surface area contributed by atoms with Gasteiger partial charge in [0.1, 0.15) is 5.25 Å². The molecule has 2 N–H and O–H groups in total. The van der Waals surface area contributed by atoms with Gasteiger partial charge in [-0.1, -0.05) is 12.8 Å². The van der Waals surface area contributed by atoms with Gasteiger partial charge in [-0.05, 0) is 44.7 Å². The van der Waals surface area contributed by atoms with Gasteiger partial charge in [0.2, 0.25) is 0 Å². The molecule has 114 valence electrons. The predicted molar refractivity (Wildman–Crippen MR) is 88.8 cm³/mol. The standard InChI is InChI=1S/C15H25NO2S2/c1-11-9-13(12(2)20-11)7-5-3-4-6-8-18-15(17)14(19)10-16/h9,14,19H,3-8,10,16H2,1-2H3. The number of nitrogens with two attached hydrogens (primary N) is 1. The van der Waals surface area contributed by atoms with Gasteiger partial charge >= 0.3 is 5.97 Å². The number of thiol groups is 1. The number of ether oxygens (including phenoxy) is 1. The maximum Gasteiger partial charge on any atom is 0.320 e. The number of hydrogen-bond acceptors (Lipinski definition) is 5. The Hall–Kier alpha value is -0.520. The van der Waals surface area contributed by atoms with Crippen molar-refractivity contribution in [1.29, 1.82) is 0 Å². The minimum Gasteiger partial charge on any atom is -0.465 e. The summed E-state index contributed by atoms with van der Waals surface area (Å²) in [6.07, 6.45) is 5.53. The first-order chi connectivity index (χ1) is 9.54. The van der Waals surface area contributed by atoms with Crippen LogP contribution in [0.2, 0.25) is 0 Å². The van der Waals surface area contributed by atoms with Gasteiger partial charge in [-0.3, -0.25) is 4.79 Å². The van der Waals surface area contributed by atoms with Gasteiger partial charge in [-0.15, -0.1) is 11.3 Å². The highest BCUT2D eigenvalue weighted by Crippen LogP contribution is 2.22. The van der Waals surface area contributed by atoms with Crippen molar-refractivity contribution in [2.45, 2.75) is 51.2 Å². The van der Waals surface area contributed by atoms with Crippen molar-refractivity contribution >= 4 is 29.9 Å². The van der Waals surface area contributed by atoms with Crippen molar-refractivity contribution in [3.05, 3.63) is 21.4 Å². The van der Waals surface area contributed by atoms with Crippen LogP contribution in [0.3, 0.4) is 0 Å². The molecule has 0 fully saturated rings. The molecule has 1 aromatic rings. The average molecular weight is 316 g/mol. The lowest BCUT2D eigenvalue weighted by atomic mass is 10.1. The highest BCUT2D eigenvalue weighted by atomic mass is 32.1. The molecule has 0 aromatic carbocycles. The molecule has 1 rings (SSSR count). The van der Waals surface area contributed by atoms with Crippen LogP contribution in [0.25, 0.3) is 0 Å². The van der Waals surface area contributed by atoms with Crippen molar-refractivity contribution in [3.8, 4) is 0 Å². The molecule has 0 aliphatic heterocycles. The zero-order valence-corrected chi connectivity index (χ0v) is 14.1. The summed E-state index contributed by atoms with van der Waals surface area (Å²) in [5.41, 5.74) is 6.82. The zero-order chi connectivity index (χ0) is 15.0. The second-order valence-electron chi connectivity index (χ2n) is 5.02. The number of esters is 1. The topological polar surface area (TPSA) is 52.3 Å². The van der Waals surface area contributed by atoms with Crippen LogP contribution in [0.4, 0.5) is 0 Å². The molecule has 0 aliphatic carbocycles. The van der Waals surface area contributed by atoms with Crippen molar-refractivity contribution < 1.29 is 9.53 Å². The van der Waals surface area contributed by atoms with Gasteiger partial charge < -0.3 is 10.5 Å². The van der Waals surface area contributed by atoms with Crippen LogP contribution >= 0.6 is 24.0 Å². The fourth-order valence-electron chi connectivity index (χ4n) is 2.07. The minimum absolute atomic E-state index is 0.224. The Morgan fingerprint density at radius 2 is 2.05 bits per heavy atom. The second kappa shape index (κ2) is 9.42. The van der Waals surface area contributed by atoms with Gasteiger partial charge in [0.05, 0.1) is 6.61 Å². The predicted octanol–water partition coefficient (Wildman–Crippen LogP) is 3.27. The van der Waals surface area contributed by atoms with Crippen LogP contribution in [-0.4, -0.2) is 24.4 Å². The number of aryl methyl sites for hydroxylation is 3. The number of carbonyl (C=O) groups excluding carboxylic acids is 1. The largest absolute Gasteiger partial charge is 0.465 e. The summed E-state index contributed by atoms with van der Waals surface area (Å²) >= 11 is 5.91. The lowest BCUT2D eigenvalue weighted by Gasteiger charge is -2.08. The molecule has 0 spiro atoms. The summed E-state index contributed by atoms with van der Waals surface area (Å²) in [5.74, 6) is -0.305. The molecule has 1 unspecified atom stereocenters. The van der Waals surface area contributed by atoms with Crippen LogP contribution in [0.15, 0.2) is 6.07 Å². The Bertz CT molecular complexity index is 418. The van der Waals surface area contributed by atoms with Crippen LogP contribution in [0.1, 0.15) is 41.0 Å². The van der Waals surface area contributed by atoms with Gasteiger partial charge in [0.15, 0.2) is 0 Å². The number of carbonyl (C=O) groups is 1. The molecule has 0 saturated carbocycles. The molecule has 3 nitrogen and oxygen atoms in total. The third-order valence-corrected chi connectivity index (χ3v) is 4.65. The Balaban J connectivity index is 2.03. The number of rotatable bonds is 9. The van der Waals surface area contributed by atoms with Crippen LogP contribution < -0.4 is 5.73 Å². The molecule has 1 atom stereocenters. The SMILES string of the molecule is Cc1cc(CCCCCCOC(=O)C(S)CN)c(C)s1. The van der Waals surface area contributed by atoms with Crippen molar-refractivity contribution in [2.75, 3.05) is 13.2 Å².